The van der Waals surface area contributed by atoms with E-state index in [9.17, 15) is 4.79 Å². The zero-order chi connectivity index (χ0) is 21.5. The van der Waals surface area contributed by atoms with Crippen molar-refractivity contribution in [2.24, 2.45) is 0 Å². The maximum absolute atomic E-state index is 13.9. The predicted octanol–water partition coefficient (Wildman–Crippen LogP) is 6.81. The first-order chi connectivity index (χ1) is 15.8. The summed E-state index contributed by atoms with van der Waals surface area (Å²) in [6.45, 7) is 0. The van der Waals surface area contributed by atoms with Crippen molar-refractivity contribution in [1.29, 1.82) is 0 Å². The van der Waals surface area contributed by atoms with Crippen LogP contribution in [0.5, 0.6) is 0 Å². The molecule has 2 heterocycles. The molecule has 0 radical (unpaired) electrons. The molecule has 6 aromatic rings. The lowest BCUT2D eigenvalue weighted by Crippen LogP contribution is -2.00. The third kappa shape index (κ3) is 2.87. The molecule has 152 valence electrons. The SMILES string of the molecule is O=C(c1cn(-c2ccccc2)c2ccccc12)c1cn(-c2ccccc2)c2ccccc12. The highest BCUT2D eigenvalue weighted by Crippen LogP contribution is 2.31. The van der Waals surface area contributed by atoms with E-state index in [2.05, 4.69) is 45.5 Å². The fraction of sp³-hybridized carbons (Fsp3) is 0. The summed E-state index contributed by atoms with van der Waals surface area (Å²) in [6.07, 6.45) is 3.94. The van der Waals surface area contributed by atoms with Gasteiger partial charge < -0.3 is 9.13 Å². The zero-order valence-corrected chi connectivity index (χ0v) is 17.3. The van der Waals surface area contributed by atoms with Crippen LogP contribution in [0.1, 0.15) is 15.9 Å². The first kappa shape index (κ1) is 18.4. The molecule has 0 aliphatic carbocycles. The molecule has 0 bridgehead atoms. The van der Waals surface area contributed by atoms with Crippen molar-refractivity contribution in [2.45, 2.75) is 0 Å². The molecule has 6 rings (SSSR count). The Kier molecular flexibility index (Phi) is 4.25. The Labute approximate surface area is 185 Å². The van der Waals surface area contributed by atoms with Gasteiger partial charge in [-0.15, -0.1) is 0 Å². The number of carbonyl (C=O) groups excluding carboxylic acids is 1. The molecule has 3 nitrogen and oxygen atoms in total. The summed E-state index contributed by atoms with van der Waals surface area (Å²) >= 11 is 0. The highest BCUT2D eigenvalue weighted by Gasteiger charge is 2.21. The Bertz CT molecular complexity index is 1450. The summed E-state index contributed by atoms with van der Waals surface area (Å²) in [6, 6.07) is 36.5. The van der Waals surface area contributed by atoms with Crippen LogP contribution >= 0.6 is 0 Å². The summed E-state index contributed by atoms with van der Waals surface area (Å²) in [4.78, 5) is 13.9. The van der Waals surface area contributed by atoms with E-state index in [-0.39, 0.29) is 5.78 Å². The molecule has 0 amide bonds. The van der Waals surface area contributed by atoms with Gasteiger partial charge in [0.25, 0.3) is 0 Å². The molecule has 0 spiro atoms. The van der Waals surface area contributed by atoms with Gasteiger partial charge in [-0.2, -0.15) is 0 Å². The second-order valence-corrected chi connectivity index (χ2v) is 7.86. The van der Waals surface area contributed by atoms with Gasteiger partial charge in [-0.3, -0.25) is 4.79 Å². The monoisotopic (exact) mass is 412 g/mol. The van der Waals surface area contributed by atoms with Gasteiger partial charge in [-0.05, 0) is 36.4 Å². The number of benzene rings is 4. The van der Waals surface area contributed by atoms with Crippen molar-refractivity contribution >= 4 is 27.6 Å². The average molecular weight is 412 g/mol. The lowest BCUT2D eigenvalue weighted by atomic mass is 10.0. The molecule has 32 heavy (non-hydrogen) atoms. The molecular weight excluding hydrogens is 392 g/mol. The Morgan fingerprint density at radius 3 is 1.28 bits per heavy atom. The van der Waals surface area contributed by atoms with Gasteiger partial charge in [0.15, 0.2) is 5.78 Å². The van der Waals surface area contributed by atoms with Gasteiger partial charge in [0.2, 0.25) is 0 Å². The minimum atomic E-state index is 0.0294. The molecular formula is C29H20N2O. The standard InChI is InChI=1S/C29H20N2O/c32-29(25-19-30(21-11-3-1-4-12-21)27-17-9-7-15-23(25)27)26-20-31(22-13-5-2-6-14-22)28-18-10-8-16-24(26)28/h1-20H. The molecule has 0 atom stereocenters. The van der Waals surface area contributed by atoms with Crippen molar-refractivity contribution in [1.82, 2.24) is 9.13 Å². The second-order valence-electron chi connectivity index (χ2n) is 7.86. The van der Waals surface area contributed by atoms with E-state index in [1.807, 2.05) is 85.2 Å². The summed E-state index contributed by atoms with van der Waals surface area (Å²) in [5.74, 6) is 0.0294. The highest BCUT2D eigenvalue weighted by molar-refractivity contribution is 6.21. The number of carbonyl (C=O) groups is 1. The van der Waals surface area contributed by atoms with Gasteiger partial charge in [0, 0.05) is 45.7 Å². The number of aromatic nitrogens is 2. The summed E-state index contributed by atoms with van der Waals surface area (Å²) in [5.41, 5.74) is 5.53. The van der Waals surface area contributed by atoms with Crippen molar-refractivity contribution in [3.63, 3.8) is 0 Å². The fourth-order valence-electron chi connectivity index (χ4n) is 4.47. The largest absolute Gasteiger partial charge is 0.316 e. The van der Waals surface area contributed by atoms with Gasteiger partial charge in [-0.25, -0.2) is 0 Å². The smallest absolute Gasteiger partial charge is 0.197 e. The molecule has 0 saturated carbocycles. The van der Waals surface area contributed by atoms with Crippen LogP contribution in [0.3, 0.4) is 0 Å². The first-order valence-corrected chi connectivity index (χ1v) is 10.7. The maximum Gasteiger partial charge on any atom is 0.197 e. The van der Waals surface area contributed by atoms with E-state index in [0.717, 1.165) is 33.2 Å². The van der Waals surface area contributed by atoms with Gasteiger partial charge >= 0.3 is 0 Å². The van der Waals surface area contributed by atoms with Crippen molar-refractivity contribution in [2.75, 3.05) is 0 Å². The molecule has 0 fully saturated rings. The zero-order valence-electron chi connectivity index (χ0n) is 17.3. The average Bonchev–Trinajstić information content (AvgIpc) is 3.44. The van der Waals surface area contributed by atoms with Crippen molar-refractivity contribution in [3.05, 3.63) is 133 Å². The van der Waals surface area contributed by atoms with Crippen molar-refractivity contribution in [3.8, 4) is 11.4 Å². The molecule has 0 N–H and O–H groups in total. The molecule has 4 aromatic carbocycles. The van der Waals surface area contributed by atoms with Crippen LogP contribution in [0.15, 0.2) is 122 Å². The van der Waals surface area contributed by atoms with E-state index < -0.39 is 0 Å². The minimum absolute atomic E-state index is 0.0294. The van der Waals surface area contributed by atoms with Gasteiger partial charge in [-0.1, -0.05) is 72.8 Å². The lowest BCUT2D eigenvalue weighted by molar-refractivity contribution is 0.104. The summed E-state index contributed by atoms with van der Waals surface area (Å²) < 4.78 is 4.19. The van der Waals surface area contributed by atoms with Crippen LogP contribution in [-0.2, 0) is 0 Å². The van der Waals surface area contributed by atoms with Crippen LogP contribution in [0.4, 0.5) is 0 Å². The molecule has 0 aliphatic heterocycles. The van der Waals surface area contributed by atoms with E-state index in [0.29, 0.717) is 11.1 Å². The third-order valence-electron chi connectivity index (χ3n) is 5.98. The first-order valence-electron chi connectivity index (χ1n) is 10.7. The van der Waals surface area contributed by atoms with Crippen LogP contribution in [0.25, 0.3) is 33.2 Å². The van der Waals surface area contributed by atoms with Crippen LogP contribution in [0, 0.1) is 0 Å². The number of fused-ring (bicyclic) bond motifs is 2. The Morgan fingerprint density at radius 2 is 0.844 bits per heavy atom. The number of rotatable bonds is 4. The number of hydrogen-bond donors (Lipinski definition) is 0. The maximum atomic E-state index is 13.9. The number of ketones is 1. The van der Waals surface area contributed by atoms with Crippen LogP contribution in [-0.4, -0.2) is 14.9 Å². The second kappa shape index (κ2) is 7.40. The van der Waals surface area contributed by atoms with Gasteiger partial charge in [0.1, 0.15) is 0 Å². The van der Waals surface area contributed by atoms with Crippen molar-refractivity contribution < 1.29 is 4.79 Å². The Hall–Kier alpha value is -4.37. The fourth-order valence-corrected chi connectivity index (χ4v) is 4.47. The summed E-state index contributed by atoms with van der Waals surface area (Å²) in [5, 5.41) is 1.91. The predicted molar refractivity (Wildman–Crippen MR) is 130 cm³/mol. The molecule has 3 heteroatoms. The van der Waals surface area contributed by atoms with Crippen LogP contribution < -0.4 is 0 Å². The molecule has 0 unspecified atom stereocenters. The van der Waals surface area contributed by atoms with E-state index in [1.165, 1.54) is 0 Å². The molecule has 0 aliphatic rings. The summed E-state index contributed by atoms with van der Waals surface area (Å²) in [7, 11) is 0. The van der Waals surface area contributed by atoms with E-state index in [4.69, 9.17) is 0 Å². The number of hydrogen-bond acceptors (Lipinski definition) is 1. The topological polar surface area (TPSA) is 26.9 Å². The highest BCUT2D eigenvalue weighted by atomic mass is 16.1. The quantitative estimate of drug-likeness (QED) is 0.292. The van der Waals surface area contributed by atoms with E-state index >= 15 is 0 Å². The molecule has 2 aromatic heterocycles. The Balaban J connectivity index is 1.57. The Morgan fingerprint density at radius 1 is 0.469 bits per heavy atom. The van der Waals surface area contributed by atoms with Gasteiger partial charge in [0.05, 0.1) is 11.0 Å². The number of nitrogens with zero attached hydrogens (tertiary/aromatic N) is 2. The van der Waals surface area contributed by atoms with E-state index in [1.54, 1.807) is 0 Å². The molecule has 0 saturated heterocycles. The number of para-hydroxylation sites is 4. The third-order valence-corrected chi connectivity index (χ3v) is 5.98. The lowest BCUT2D eigenvalue weighted by Gasteiger charge is -2.04. The minimum Gasteiger partial charge on any atom is -0.316 e. The normalized spacial score (nSPS) is 11.2. The van der Waals surface area contributed by atoms with Crippen LogP contribution in [0.2, 0.25) is 0 Å².